The second-order valence-corrected chi connectivity index (χ2v) is 8.03. The maximum absolute atomic E-state index is 12.9. The summed E-state index contributed by atoms with van der Waals surface area (Å²) >= 11 is 0. The fourth-order valence-electron chi connectivity index (χ4n) is 3.01. The summed E-state index contributed by atoms with van der Waals surface area (Å²) in [6, 6.07) is 7.79. The molecule has 1 aliphatic heterocycles. The number of amides is 1. The Morgan fingerprint density at radius 1 is 1.20 bits per heavy atom. The maximum atomic E-state index is 12.9. The highest BCUT2D eigenvalue weighted by atomic mass is 32.2. The van der Waals surface area contributed by atoms with Crippen LogP contribution in [0.1, 0.15) is 36.8 Å². The van der Waals surface area contributed by atoms with Gasteiger partial charge < -0.3 is 5.32 Å². The largest absolute Gasteiger partial charge is 0.308 e. The van der Waals surface area contributed by atoms with Gasteiger partial charge in [-0.1, -0.05) is 26.0 Å². The van der Waals surface area contributed by atoms with Crippen LogP contribution in [0.25, 0.3) is 0 Å². The van der Waals surface area contributed by atoms with Crippen LogP contribution in [0.5, 0.6) is 0 Å². The minimum Gasteiger partial charge on any atom is -0.308 e. The van der Waals surface area contributed by atoms with Crippen molar-refractivity contribution in [3.63, 3.8) is 0 Å². The summed E-state index contributed by atoms with van der Waals surface area (Å²) in [7, 11) is -3.76. The lowest BCUT2D eigenvalue weighted by Gasteiger charge is -2.22. The van der Waals surface area contributed by atoms with E-state index in [0.29, 0.717) is 5.56 Å². The lowest BCUT2D eigenvalue weighted by molar-refractivity contribution is -0.124. The number of aryl methyl sites for hydroxylation is 2. The van der Waals surface area contributed by atoms with Crippen LogP contribution in [0.15, 0.2) is 39.6 Å². The Bertz CT molecular complexity index is 974. The Morgan fingerprint density at radius 3 is 2.48 bits per heavy atom. The summed E-state index contributed by atoms with van der Waals surface area (Å²) in [5, 5.41) is 7.08. The van der Waals surface area contributed by atoms with Gasteiger partial charge in [0.05, 0.1) is 5.69 Å². The van der Waals surface area contributed by atoms with Crippen LogP contribution in [0, 0.1) is 19.8 Å². The van der Waals surface area contributed by atoms with E-state index in [1.54, 1.807) is 22.9 Å². The zero-order valence-corrected chi connectivity index (χ0v) is 15.3. The minimum absolute atomic E-state index is 0.0353. The lowest BCUT2D eigenvalue weighted by Crippen LogP contribution is -2.39. The molecule has 1 aliphatic rings. The molecule has 25 heavy (non-hydrogen) atoms. The van der Waals surface area contributed by atoms with E-state index in [1.165, 1.54) is 6.07 Å². The molecule has 2 heterocycles. The second-order valence-electron chi connectivity index (χ2n) is 6.46. The molecule has 0 saturated carbocycles. The van der Waals surface area contributed by atoms with E-state index in [9.17, 15) is 13.2 Å². The fraction of sp³-hybridized carbons (Fsp3) is 0.353. The first-order valence-corrected chi connectivity index (χ1v) is 9.42. The van der Waals surface area contributed by atoms with E-state index in [4.69, 9.17) is 0 Å². The van der Waals surface area contributed by atoms with Crippen LogP contribution >= 0.6 is 0 Å². The van der Waals surface area contributed by atoms with E-state index in [2.05, 4.69) is 14.8 Å². The zero-order valence-electron chi connectivity index (χ0n) is 14.5. The van der Waals surface area contributed by atoms with E-state index in [0.717, 1.165) is 11.4 Å². The first-order chi connectivity index (χ1) is 11.7. The Labute approximate surface area is 146 Å². The number of hydrogen-bond acceptors (Lipinski definition) is 4. The van der Waals surface area contributed by atoms with Gasteiger partial charge in [-0.3, -0.25) is 9.48 Å². The van der Waals surface area contributed by atoms with Gasteiger partial charge in [-0.15, -0.1) is 4.40 Å². The van der Waals surface area contributed by atoms with E-state index in [1.807, 2.05) is 33.8 Å². The number of hydrogen-bond donors (Lipinski definition) is 1. The van der Waals surface area contributed by atoms with Crippen molar-refractivity contribution < 1.29 is 13.2 Å². The second kappa shape index (κ2) is 6.11. The van der Waals surface area contributed by atoms with Crippen molar-refractivity contribution in [1.82, 2.24) is 15.1 Å². The van der Waals surface area contributed by atoms with Gasteiger partial charge in [0.1, 0.15) is 10.9 Å². The standard InChI is InChI=1S/C17H20N4O3S/c1-10(2)15(21-12(4)9-11(3)19-21)17(22)18-16-13-7-5-6-8-14(13)25(23,24)20-16/h5-10,15H,1-4H3,(H,18,20,22)/t15-/m1/s1. The molecule has 0 radical (unpaired) electrons. The highest BCUT2D eigenvalue weighted by Gasteiger charge is 2.33. The van der Waals surface area contributed by atoms with Gasteiger partial charge in [0.15, 0.2) is 5.84 Å². The number of amidine groups is 1. The number of benzene rings is 1. The van der Waals surface area contributed by atoms with Crippen molar-refractivity contribution in [2.24, 2.45) is 10.3 Å². The first-order valence-electron chi connectivity index (χ1n) is 7.98. The minimum atomic E-state index is -3.76. The molecule has 0 bridgehead atoms. The van der Waals surface area contributed by atoms with E-state index >= 15 is 0 Å². The number of fused-ring (bicyclic) bond motifs is 1. The molecule has 0 saturated heterocycles. The van der Waals surface area contributed by atoms with Gasteiger partial charge in [0.2, 0.25) is 0 Å². The van der Waals surface area contributed by atoms with Crippen molar-refractivity contribution >= 4 is 21.8 Å². The highest BCUT2D eigenvalue weighted by molar-refractivity contribution is 7.90. The molecular weight excluding hydrogens is 340 g/mol. The first kappa shape index (κ1) is 17.3. The number of nitrogens with zero attached hydrogens (tertiary/aromatic N) is 3. The summed E-state index contributed by atoms with van der Waals surface area (Å²) in [6.07, 6.45) is 0. The number of carbonyl (C=O) groups excluding carboxylic acids is 1. The van der Waals surface area contributed by atoms with Crippen molar-refractivity contribution in [2.45, 2.75) is 38.6 Å². The SMILES string of the molecule is Cc1cc(C)n([C@@H](C(=O)NC2=NS(=O)(=O)c3ccccc32)C(C)C)n1. The van der Waals surface area contributed by atoms with Crippen LogP contribution in [-0.4, -0.2) is 29.9 Å². The molecule has 0 fully saturated rings. The molecule has 132 valence electrons. The summed E-state index contributed by atoms with van der Waals surface area (Å²) in [5.41, 5.74) is 2.10. The average Bonchev–Trinajstić information content (AvgIpc) is 2.96. The van der Waals surface area contributed by atoms with Crippen molar-refractivity contribution in [3.05, 3.63) is 47.3 Å². The molecule has 0 aliphatic carbocycles. The van der Waals surface area contributed by atoms with Crippen LogP contribution in [-0.2, 0) is 14.8 Å². The van der Waals surface area contributed by atoms with Crippen LogP contribution in [0.3, 0.4) is 0 Å². The molecule has 0 unspecified atom stereocenters. The van der Waals surface area contributed by atoms with Crippen molar-refractivity contribution in [3.8, 4) is 0 Å². The quantitative estimate of drug-likeness (QED) is 0.905. The Balaban J connectivity index is 1.95. The van der Waals surface area contributed by atoms with Gasteiger partial charge in [-0.25, -0.2) is 0 Å². The summed E-state index contributed by atoms with van der Waals surface area (Å²) in [4.78, 5) is 13.0. The molecule has 1 amide bonds. The number of carbonyl (C=O) groups is 1. The predicted octanol–water partition coefficient (Wildman–Crippen LogP) is 1.96. The fourth-order valence-corrected chi connectivity index (χ4v) is 4.19. The average molecular weight is 360 g/mol. The van der Waals surface area contributed by atoms with Crippen LogP contribution in [0.4, 0.5) is 0 Å². The van der Waals surface area contributed by atoms with Crippen LogP contribution in [0.2, 0.25) is 0 Å². The lowest BCUT2D eigenvalue weighted by atomic mass is 10.0. The predicted molar refractivity (Wildman–Crippen MR) is 93.9 cm³/mol. The van der Waals surface area contributed by atoms with Gasteiger partial charge in [0, 0.05) is 11.3 Å². The maximum Gasteiger partial charge on any atom is 0.285 e. The molecule has 0 spiro atoms. The molecule has 8 heteroatoms. The number of sulfonamides is 1. The van der Waals surface area contributed by atoms with Gasteiger partial charge >= 0.3 is 0 Å². The highest BCUT2D eigenvalue weighted by Crippen LogP contribution is 2.26. The normalized spacial score (nSPS) is 16.4. The summed E-state index contributed by atoms with van der Waals surface area (Å²) < 4.78 is 29.6. The third kappa shape index (κ3) is 3.09. The third-order valence-electron chi connectivity index (χ3n) is 4.08. The van der Waals surface area contributed by atoms with Crippen molar-refractivity contribution in [2.75, 3.05) is 0 Å². The number of nitrogens with one attached hydrogen (secondary N) is 1. The Morgan fingerprint density at radius 2 is 1.88 bits per heavy atom. The summed E-state index contributed by atoms with van der Waals surface area (Å²) in [5.74, 6) is -0.313. The molecular formula is C17H20N4O3S. The molecule has 1 atom stereocenters. The molecule has 7 nitrogen and oxygen atoms in total. The third-order valence-corrected chi connectivity index (χ3v) is 5.42. The molecule has 1 aromatic heterocycles. The molecule has 3 rings (SSSR count). The number of aromatic nitrogens is 2. The van der Waals surface area contributed by atoms with E-state index in [-0.39, 0.29) is 22.6 Å². The summed E-state index contributed by atoms with van der Waals surface area (Å²) in [6.45, 7) is 7.59. The van der Waals surface area contributed by atoms with Gasteiger partial charge in [-0.05, 0) is 38.0 Å². The molecule has 1 aromatic carbocycles. The van der Waals surface area contributed by atoms with Gasteiger partial charge in [0.25, 0.3) is 15.9 Å². The van der Waals surface area contributed by atoms with E-state index < -0.39 is 16.1 Å². The van der Waals surface area contributed by atoms with Crippen LogP contribution < -0.4 is 5.32 Å². The molecule has 2 aromatic rings. The Kier molecular flexibility index (Phi) is 4.24. The smallest absolute Gasteiger partial charge is 0.285 e. The topological polar surface area (TPSA) is 93.4 Å². The monoisotopic (exact) mass is 360 g/mol. The Hall–Kier alpha value is -2.48. The van der Waals surface area contributed by atoms with Crippen molar-refractivity contribution in [1.29, 1.82) is 0 Å². The van der Waals surface area contributed by atoms with Gasteiger partial charge in [-0.2, -0.15) is 13.5 Å². The number of rotatable bonds is 3. The zero-order chi connectivity index (χ0) is 18.4. The molecule has 1 N–H and O–H groups in total.